The van der Waals surface area contributed by atoms with Crippen LogP contribution in [0.5, 0.6) is 0 Å². The maximum atomic E-state index is 8.84. The fourth-order valence-corrected chi connectivity index (χ4v) is 1.60. The lowest BCUT2D eigenvalue weighted by atomic mass is 9.95. The van der Waals surface area contributed by atoms with E-state index in [9.17, 15) is 0 Å². The molecular formula is C12H26O. The Morgan fingerprint density at radius 3 is 2.00 bits per heavy atom. The minimum atomic E-state index is 0.351. The fourth-order valence-electron chi connectivity index (χ4n) is 1.60. The van der Waals surface area contributed by atoms with E-state index < -0.39 is 0 Å². The Kier molecular flexibility index (Phi) is 8.53. The standard InChI is InChI=1S/C12H26O/c1-4-5-7-11(2)8-6-9-12(3)10-13/h11-13H,4-10H2,1-3H3/t11-,12?/m1/s1. The molecule has 0 aromatic carbocycles. The molecule has 0 aliphatic rings. The van der Waals surface area contributed by atoms with Gasteiger partial charge in [-0.15, -0.1) is 0 Å². The second-order valence-electron chi connectivity index (χ2n) is 4.47. The van der Waals surface area contributed by atoms with Crippen LogP contribution in [0.2, 0.25) is 0 Å². The van der Waals surface area contributed by atoms with Crippen LogP contribution in [0.1, 0.15) is 59.3 Å². The summed E-state index contributed by atoms with van der Waals surface area (Å²) in [7, 11) is 0. The number of rotatable bonds is 8. The molecule has 0 rings (SSSR count). The maximum Gasteiger partial charge on any atom is 0.0456 e. The van der Waals surface area contributed by atoms with Gasteiger partial charge < -0.3 is 5.11 Å². The van der Waals surface area contributed by atoms with Crippen molar-refractivity contribution < 1.29 is 5.11 Å². The van der Waals surface area contributed by atoms with Gasteiger partial charge in [0.05, 0.1) is 0 Å². The molecule has 0 aliphatic carbocycles. The van der Waals surface area contributed by atoms with E-state index in [1.165, 1.54) is 38.5 Å². The molecule has 1 heteroatoms. The molecule has 0 aliphatic heterocycles. The van der Waals surface area contributed by atoms with Gasteiger partial charge in [0, 0.05) is 6.61 Å². The number of hydrogen-bond acceptors (Lipinski definition) is 1. The van der Waals surface area contributed by atoms with E-state index in [1.807, 2.05) is 0 Å². The first-order chi connectivity index (χ1) is 6.20. The summed E-state index contributed by atoms with van der Waals surface area (Å²) in [6, 6.07) is 0. The maximum absolute atomic E-state index is 8.84. The van der Waals surface area contributed by atoms with Gasteiger partial charge in [0.1, 0.15) is 0 Å². The highest BCUT2D eigenvalue weighted by Crippen LogP contribution is 2.17. The van der Waals surface area contributed by atoms with Crippen LogP contribution in [0, 0.1) is 11.8 Å². The number of aliphatic hydroxyl groups is 1. The van der Waals surface area contributed by atoms with Gasteiger partial charge >= 0.3 is 0 Å². The van der Waals surface area contributed by atoms with Crippen molar-refractivity contribution >= 4 is 0 Å². The first-order valence-corrected chi connectivity index (χ1v) is 5.81. The molecule has 0 spiro atoms. The first kappa shape index (κ1) is 13.0. The summed E-state index contributed by atoms with van der Waals surface area (Å²) in [4.78, 5) is 0. The van der Waals surface area contributed by atoms with Gasteiger partial charge in [-0.3, -0.25) is 0 Å². The number of hydrogen-bond donors (Lipinski definition) is 1. The van der Waals surface area contributed by atoms with Crippen molar-refractivity contribution in [2.45, 2.75) is 59.3 Å². The smallest absolute Gasteiger partial charge is 0.0456 e. The van der Waals surface area contributed by atoms with Crippen LogP contribution in [0.3, 0.4) is 0 Å². The Hall–Kier alpha value is -0.0400. The Labute approximate surface area is 83.5 Å². The quantitative estimate of drug-likeness (QED) is 0.614. The normalized spacial score (nSPS) is 15.7. The van der Waals surface area contributed by atoms with Crippen LogP contribution in [-0.2, 0) is 0 Å². The number of unbranched alkanes of at least 4 members (excludes halogenated alkanes) is 1. The van der Waals surface area contributed by atoms with Gasteiger partial charge in [-0.1, -0.05) is 52.9 Å². The Morgan fingerprint density at radius 2 is 1.46 bits per heavy atom. The van der Waals surface area contributed by atoms with Crippen molar-refractivity contribution in [1.29, 1.82) is 0 Å². The molecule has 80 valence electrons. The van der Waals surface area contributed by atoms with Crippen LogP contribution in [0.15, 0.2) is 0 Å². The van der Waals surface area contributed by atoms with Crippen molar-refractivity contribution in [3.8, 4) is 0 Å². The summed E-state index contributed by atoms with van der Waals surface area (Å²) in [6.07, 6.45) is 7.88. The lowest BCUT2D eigenvalue weighted by Gasteiger charge is -2.12. The molecule has 13 heavy (non-hydrogen) atoms. The predicted octanol–water partition coefficient (Wildman–Crippen LogP) is 3.61. The highest BCUT2D eigenvalue weighted by molar-refractivity contribution is 4.56. The summed E-state index contributed by atoms with van der Waals surface area (Å²) >= 11 is 0. The molecule has 0 amide bonds. The van der Waals surface area contributed by atoms with Gasteiger partial charge in [-0.2, -0.15) is 0 Å². The summed E-state index contributed by atoms with van der Waals surface area (Å²) in [5.74, 6) is 1.38. The van der Waals surface area contributed by atoms with E-state index in [0.717, 1.165) is 5.92 Å². The number of aliphatic hydroxyl groups excluding tert-OH is 1. The Balaban J connectivity index is 3.21. The molecule has 0 fully saturated rings. The summed E-state index contributed by atoms with van der Waals surface area (Å²) in [5.41, 5.74) is 0. The van der Waals surface area contributed by atoms with Crippen molar-refractivity contribution in [3.05, 3.63) is 0 Å². The highest BCUT2D eigenvalue weighted by atomic mass is 16.3. The van der Waals surface area contributed by atoms with E-state index >= 15 is 0 Å². The monoisotopic (exact) mass is 186 g/mol. The molecule has 1 nitrogen and oxygen atoms in total. The average molecular weight is 186 g/mol. The summed E-state index contributed by atoms with van der Waals surface area (Å²) < 4.78 is 0. The van der Waals surface area contributed by atoms with Crippen molar-refractivity contribution in [1.82, 2.24) is 0 Å². The zero-order chi connectivity index (χ0) is 10.1. The molecule has 0 saturated carbocycles. The molecule has 0 aromatic heterocycles. The molecule has 1 N–H and O–H groups in total. The van der Waals surface area contributed by atoms with Crippen molar-refractivity contribution in [2.75, 3.05) is 6.61 Å². The Bertz CT molecular complexity index is 101. The van der Waals surface area contributed by atoms with Gasteiger partial charge in [-0.05, 0) is 18.3 Å². The third-order valence-electron chi connectivity index (χ3n) is 2.76. The molecule has 0 bridgehead atoms. The van der Waals surface area contributed by atoms with Crippen LogP contribution < -0.4 is 0 Å². The van der Waals surface area contributed by atoms with Gasteiger partial charge in [-0.25, -0.2) is 0 Å². The van der Waals surface area contributed by atoms with Crippen LogP contribution in [0.25, 0.3) is 0 Å². The zero-order valence-electron chi connectivity index (χ0n) is 9.55. The minimum absolute atomic E-state index is 0.351. The van der Waals surface area contributed by atoms with E-state index in [-0.39, 0.29) is 0 Å². The summed E-state index contributed by atoms with van der Waals surface area (Å²) in [5, 5.41) is 8.84. The third-order valence-corrected chi connectivity index (χ3v) is 2.76. The topological polar surface area (TPSA) is 20.2 Å². The molecular weight excluding hydrogens is 160 g/mol. The van der Waals surface area contributed by atoms with Gasteiger partial charge in [0.2, 0.25) is 0 Å². The van der Waals surface area contributed by atoms with Gasteiger partial charge in [0.15, 0.2) is 0 Å². The van der Waals surface area contributed by atoms with Crippen molar-refractivity contribution in [3.63, 3.8) is 0 Å². The highest BCUT2D eigenvalue weighted by Gasteiger charge is 2.03. The molecule has 0 heterocycles. The average Bonchev–Trinajstić information content (AvgIpc) is 2.14. The van der Waals surface area contributed by atoms with E-state index in [1.54, 1.807) is 0 Å². The Morgan fingerprint density at radius 1 is 0.923 bits per heavy atom. The minimum Gasteiger partial charge on any atom is -0.396 e. The molecule has 0 saturated heterocycles. The largest absolute Gasteiger partial charge is 0.396 e. The van der Waals surface area contributed by atoms with E-state index in [4.69, 9.17) is 5.11 Å². The molecule has 2 atom stereocenters. The SMILES string of the molecule is CCCC[C@@H](C)CCCC(C)CO. The second-order valence-corrected chi connectivity index (χ2v) is 4.47. The summed E-state index contributed by atoms with van der Waals surface area (Å²) in [6.45, 7) is 7.07. The third kappa shape index (κ3) is 8.29. The van der Waals surface area contributed by atoms with Gasteiger partial charge in [0.25, 0.3) is 0 Å². The molecule has 1 unspecified atom stereocenters. The lowest BCUT2D eigenvalue weighted by molar-refractivity contribution is 0.225. The molecule has 0 radical (unpaired) electrons. The second kappa shape index (κ2) is 8.55. The van der Waals surface area contributed by atoms with Crippen LogP contribution in [0.4, 0.5) is 0 Å². The van der Waals surface area contributed by atoms with Crippen molar-refractivity contribution in [2.24, 2.45) is 11.8 Å². The van der Waals surface area contributed by atoms with Crippen LogP contribution >= 0.6 is 0 Å². The lowest BCUT2D eigenvalue weighted by Crippen LogP contribution is -2.02. The first-order valence-electron chi connectivity index (χ1n) is 5.81. The molecule has 0 aromatic rings. The van der Waals surface area contributed by atoms with E-state index in [2.05, 4.69) is 20.8 Å². The fraction of sp³-hybridized carbons (Fsp3) is 1.00. The predicted molar refractivity (Wildman–Crippen MR) is 58.8 cm³/mol. The van der Waals surface area contributed by atoms with E-state index in [0.29, 0.717) is 12.5 Å². The van der Waals surface area contributed by atoms with Crippen LogP contribution in [-0.4, -0.2) is 11.7 Å². The zero-order valence-corrected chi connectivity index (χ0v) is 9.55.